The van der Waals surface area contributed by atoms with Crippen molar-refractivity contribution < 1.29 is 0 Å². The van der Waals surface area contributed by atoms with E-state index in [1.54, 1.807) is 0 Å². The Kier molecular flexibility index (Phi) is 8.02. The van der Waals surface area contributed by atoms with Crippen LogP contribution in [0.25, 0.3) is 10.1 Å². The van der Waals surface area contributed by atoms with E-state index in [1.165, 1.54) is 90.9 Å². The number of aryl methyl sites for hydroxylation is 1. The lowest BCUT2D eigenvalue weighted by Gasteiger charge is -2.34. The largest absolute Gasteiger partial charge is 0.303 e. The quantitative estimate of drug-likeness (QED) is 0.227. The molecule has 2 saturated heterocycles. The van der Waals surface area contributed by atoms with Crippen molar-refractivity contribution in [2.24, 2.45) is 11.8 Å². The Labute approximate surface area is 226 Å². The molecule has 0 amide bonds. The van der Waals surface area contributed by atoms with Crippen molar-refractivity contribution >= 4 is 21.4 Å². The fraction of sp³-hybridized carbons (Fsp3) is 0.412. The summed E-state index contributed by atoms with van der Waals surface area (Å²) in [4.78, 5) is 7.02. The van der Waals surface area contributed by atoms with Gasteiger partial charge in [-0.25, -0.2) is 0 Å². The van der Waals surface area contributed by atoms with Crippen molar-refractivity contribution in [3.05, 3.63) is 107 Å². The molecule has 3 heteroatoms. The molecule has 0 saturated carbocycles. The Bertz CT molecular complexity index is 1210. The van der Waals surface area contributed by atoms with Crippen molar-refractivity contribution in [2.75, 3.05) is 32.7 Å². The maximum Gasteiger partial charge on any atom is 0.0346 e. The Morgan fingerprint density at radius 2 is 1.49 bits per heavy atom. The zero-order valence-electron chi connectivity index (χ0n) is 22.0. The molecule has 3 aromatic carbocycles. The van der Waals surface area contributed by atoms with Crippen LogP contribution >= 0.6 is 11.3 Å². The molecule has 0 unspecified atom stereocenters. The van der Waals surface area contributed by atoms with E-state index in [-0.39, 0.29) is 0 Å². The van der Waals surface area contributed by atoms with Crippen LogP contribution in [0.4, 0.5) is 0 Å². The van der Waals surface area contributed by atoms with Gasteiger partial charge in [0.2, 0.25) is 0 Å². The first-order valence-electron chi connectivity index (χ1n) is 14.3. The Morgan fingerprint density at radius 3 is 2.27 bits per heavy atom. The first-order valence-corrected chi connectivity index (χ1v) is 15.1. The van der Waals surface area contributed by atoms with E-state index >= 15 is 0 Å². The molecule has 4 aromatic rings. The van der Waals surface area contributed by atoms with Crippen LogP contribution in [0.3, 0.4) is 0 Å². The topological polar surface area (TPSA) is 6.48 Å². The average molecular weight is 509 g/mol. The third-order valence-corrected chi connectivity index (χ3v) is 9.82. The van der Waals surface area contributed by atoms with E-state index in [4.69, 9.17) is 0 Å². The second kappa shape index (κ2) is 11.9. The summed E-state index contributed by atoms with van der Waals surface area (Å²) in [6, 6.07) is 33.6. The van der Waals surface area contributed by atoms with Gasteiger partial charge in [-0.3, -0.25) is 4.90 Å². The molecule has 2 aliphatic heterocycles. The van der Waals surface area contributed by atoms with Gasteiger partial charge in [-0.1, -0.05) is 85.3 Å². The van der Waals surface area contributed by atoms with Gasteiger partial charge in [-0.05, 0) is 79.3 Å². The van der Waals surface area contributed by atoms with Crippen LogP contribution in [0, 0.1) is 11.8 Å². The van der Waals surface area contributed by atoms with Crippen LogP contribution in [-0.2, 0) is 13.0 Å². The van der Waals surface area contributed by atoms with Gasteiger partial charge in [0.1, 0.15) is 0 Å². The van der Waals surface area contributed by atoms with Gasteiger partial charge in [0.05, 0.1) is 0 Å². The van der Waals surface area contributed by atoms with E-state index in [1.807, 2.05) is 11.3 Å². The second-order valence-electron chi connectivity index (χ2n) is 11.3. The molecule has 2 fully saturated rings. The maximum atomic E-state index is 2.79. The van der Waals surface area contributed by atoms with E-state index in [2.05, 4.69) is 101 Å². The van der Waals surface area contributed by atoms with Crippen LogP contribution in [0.5, 0.6) is 0 Å². The van der Waals surface area contributed by atoms with Crippen LogP contribution in [0.2, 0.25) is 0 Å². The third kappa shape index (κ3) is 6.34. The number of nitrogens with zero attached hydrogens (tertiary/aromatic N) is 2. The Balaban J connectivity index is 1.04. The lowest BCUT2D eigenvalue weighted by atomic mass is 9.87. The molecular weight excluding hydrogens is 468 g/mol. The third-order valence-electron chi connectivity index (χ3n) is 8.72. The lowest BCUT2D eigenvalue weighted by molar-refractivity contribution is 0.151. The Hall–Kier alpha value is -2.46. The standard InChI is InChI=1S/C34H40N2S/c1-3-10-27(11-4-1)12-9-13-28-18-20-35(21-19-28)23-31-24-36(26-33(31)29-14-5-2-6-15-29)25-32-22-30-16-7-8-17-34(30)37-32/h1-8,10-11,14-17,22,28,31,33H,9,12-13,18-21,23-26H2/t31-,33+/m0/s1. The van der Waals surface area contributed by atoms with Gasteiger partial charge < -0.3 is 4.90 Å². The van der Waals surface area contributed by atoms with Gasteiger partial charge in [0, 0.05) is 41.7 Å². The first-order chi connectivity index (χ1) is 18.3. The van der Waals surface area contributed by atoms with E-state index in [0.717, 1.165) is 12.5 Å². The summed E-state index contributed by atoms with van der Waals surface area (Å²) in [5, 5.41) is 1.39. The van der Waals surface area contributed by atoms with Gasteiger partial charge in [-0.15, -0.1) is 11.3 Å². The minimum Gasteiger partial charge on any atom is -0.303 e. The number of hydrogen-bond acceptors (Lipinski definition) is 3. The molecule has 2 aliphatic rings. The lowest BCUT2D eigenvalue weighted by Crippen LogP contribution is -2.38. The van der Waals surface area contributed by atoms with Crippen molar-refractivity contribution in [2.45, 2.75) is 44.6 Å². The molecule has 0 aliphatic carbocycles. The normalized spacial score (nSPS) is 21.6. The maximum absolute atomic E-state index is 2.79. The Morgan fingerprint density at radius 1 is 0.757 bits per heavy atom. The number of rotatable bonds is 9. The van der Waals surface area contributed by atoms with Crippen molar-refractivity contribution in [1.82, 2.24) is 9.80 Å². The number of piperidine rings is 1. The summed E-state index contributed by atoms with van der Waals surface area (Å²) in [6.07, 6.45) is 6.71. The van der Waals surface area contributed by atoms with Gasteiger partial charge in [0.25, 0.3) is 0 Å². The summed E-state index contributed by atoms with van der Waals surface area (Å²) in [7, 11) is 0. The number of hydrogen-bond donors (Lipinski definition) is 0. The molecule has 3 heterocycles. The summed E-state index contributed by atoms with van der Waals surface area (Å²) >= 11 is 1.97. The SMILES string of the molecule is c1ccc(CCCC2CCN(C[C@H]3CN(Cc4cc5ccccc5s4)C[C@@H]3c3ccccc3)CC2)cc1. The zero-order valence-corrected chi connectivity index (χ0v) is 22.8. The highest BCUT2D eigenvalue weighted by Crippen LogP contribution is 2.36. The van der Waals surface area contributed by atoms with E-state index in [0.29, 0.717) is 11.8 Å². The number of likely N-dealkylation sites (tertiary alicyclic amines) is 2. The molecule has 0 bridgehead atoms. The smallest absolute Gasteiger partial charge is 0.0346 e. The van der Waals surface area contributed by atoms with E-state index in [9.17, 15) is 0 Å². The molecule has 6 rings (SSSR count). The highest BCUT2D eigenvalue weighted by molar-refractivity contribution is 7.19. The molecule has 2 atom stereocenters. The second-order valence-corrected chi connectivity index (χ2v) is 12.5. The van der Waals surface area contributed by atoms with Crippen molar-refractivity contribution in [3.8, 4) is 0 Å². The number of thiophene rings is 1. The van der Waals surface area contributed by atoms with Crippen molar-refractivity contribution in [3.63, 3.8) is 0 Å². The number of benzene rings is 3. The molecular formula is C34H40N2S. The zero-order chi connectivity index (χ0) is 24.9. The first kappa shape index (κ1) is 24.9. The molecule has 1 aromatic heterocycles. The summed E-state index contributed by atoms with van der Waals surface area (Å²) in [5.74, 6) is 2.27. The fourth-order valence-electron chi connectivity index (χ4n) is 6.72. The van der Waals surface area contributed by atoms with Crippen LogP contribution < -0.4 is 0 Å². The van der Waals surface area contributed by atoms with Crippen LogP contribution in [-0.4, -0.2) is 42.5 Å². The average Bonchev–Trinajstić information content (AvgIpc) is 3.54. The summed E-state index contributed by atoms with van der Waals surface area (Å²) in [6.45, 7) is 7.29. The van der Waals surface area contributed by atoms with Crippen LogP contribution in [0.1, 0.15) is 47.6 Å². The predicted molar refractivity (Wildman–Crippen MR) is 158 cm³/mol. The fourth-order valence-corrected chi connectivity index (χ4v) is 7.82. The highest BCUT2D eigenvalue weighted by atomic mass is 32.1. The highest BCUT2D eigenvalue weighted by Gasteiger charge is 2.35. The monoisotopic (exact) mass is 508 g/mol. The summed E-state index contributed by atoms with van der Waals surface area (Å²) in [5.41, 5.74) is 3.02. The minimum absolute atomic E-state index is 0.638. The molecule has 37 heavy (non-hydrogen) atoms. The molecule has 0 spiro atoms. The molecule has 192 valence electrons. The van der Waals surface area contributed by atoms with Crippen molar-refractivity contribution in [1.29, 1.82) is 0 Å². The predicted octanol–water partition coefficient (Wildman–Crippen LogP) is 7.85. The molecule has 0 N–H and O–H groups in total. The van der Waals surface area contributed by atoms with E-state index < -0.39 is 0 Å². The minimum atomic E-state index is 0.638. The van der Waals surface area contributed by atoms with Gasteiger partial charge in [-0.2, -0.15) is 0 Å². The van der Waals surface area contributed by atoms with Gasteiger partial charge in [0.15, 0.2) is 0 Å². The molecule has 2 nitrogen and oxygen atoms in total. The summed E-state index contributed by atoms with van der Waals surface area (Å²) < 4.78 is 1.42. The van der Waals surface area contributed by atoms with Gasteiger partial charge >= 0.3 is 0 Å². The number of fused-ring (bicyclic) bond motifs is 1. The van der Waals surface area contributed by atoms with Crippen LogP contribution in [0.15, 0.2) is 91.0 Å². The molecule has 0 radical (unpaired) electrons.